The van der Waals surface area contributed by atoms with Gasteiger partial charge in [0.25, 0.3) is 0 Å². The Morgan fingerprint density at radius 1 is 1.39 bits per heavy atom. The molecular formula is C15H24ClNO. The van der Waals surface area contributed by atoms with Crippen LogP contribution in [0.4, 0.5) is 0 Å². The fourth-order valence-corrected chi connectivity index (χ4v) is 2.25. The van der Waals surface area contributed by atoms with Crippen molar-refractivity contribution in [2.45, 2.75) is 45.3 Å². The molecule has 0 amide bonds. The standard InChI is InChI=1S/C15H24ClNO/c1-4-8-17-15(9-12(2)18-3)11-13-6-5-7-14(16)10-13/h5-7,10,12,15,17H,4,8-9,11H2,1-3H3. The third-order valence-electron chi connectivity index (χ3n) is 3.07. The van der Waals surface area contributed by atoms with Crippen LogP contribution in [0, 0.1) is 0 Å². The molecule has 1 aromatic rings. The lowest BCUT2D eigenvalue weighted by Gasteiger charge is -2.21. The molecule has 1 aromatic carbocycles. The van der Waals surface area contributed by atoms with E-state index in [2.05, 4.69) is 25.2 Å². The lowest BCUT2D eigenvalue weighted by molar-refractivity contribution is 0.100. The van der Waals surface area contributed by atoms with Gasteiger partial charge in [-0.3, -0.25) is 0 Å². The Balaban J connectivity index is 2.59. The molecule has 0 fully saturated rings. The molecule has 0 aliphatic carbocycles. The average Bonchev–Trinajstić information content (AvgIpc) is 2.35. The summed E-state index contributed by atoms with van der Waals surface area (Å²) in [5, 5.41) is 4.39. The summed E-state index contributed by atoms with van der Waals surface area (Å²) in [5.41, 5.74) is 1.28. The van der Waals surface area contributed by atoms with E-state index in [0.29, 0.717) is 6.04 Å². The largest absolute Gasteiger partial charge is 0.382 e. The molecule has 0 radical (unpaired) electrons. The summed E-state index contributed by atoms with van der Waals surface area (Å²) >= 11 is 6.02. The SMILES string of the molecule is CCCNC(Cc1cccc(Cl)c1)CC(C)OC. The van der Waals surface area contributed by atoms with Crippen molar-refractivity contribution in [1.29, 1.82) is 0 Å². The van der Waals surface area contributed by atoms with E-state index in [1.807, 2.05) is 18.2 Å². The minimum absolute atomic E-state index is 0.276. The second-order valence-electron chi connectivity index (χ2n) is 4.77. The van der Waals surface area contributed by atoms with E-state index < -0.39 is 0 Å². The fourth-order valence-electron chi connectivity index (χ4n) is 2.03. The van der Waals surface area contributed by atoms with Crippen LogP contribution >= 0.6 is 11.6 Å². The van der Waals surface area contributed by atoms with Crippen LogP contribution in [0.25, 0.3) is 0 Å². The molecule has 1 rings (SSSR count). The quantitative estimate of drug-likeness (QED) is 0.777. The van der Waals surface area contributed by atoms with Gasteiger partial charge in [-0.2, -0.15) is 0 Å². The van der Waals surface area contributed by atoms with Crippen LogP contribution in [0.15, 0.2) is 24.3 Å². The Hall–Kier alpha value is -0.570. The van der Waals surface area contributed by atoms with Gasteiger partial charge in [0.2, 0.25) is 0 Å². The molecule has 2 atom stereocenters. The summed E-state index contributed by atoms with van der Waals surface area (Å²) in [6.07, 6.45) is 3.43. The van der Waals surface area contributed by atoms with Gasteiger partial charge in [-0.05, 0) is 50.4 Å². The zero-order valence-electron chi connectivity index (χ0n) is 11.6. The third kappa shape index (κ3) is 5.85. The minimum atomic E-state index is 0.276. The van der Waals surface area contributed by atoms with Crippen molar-refractivity contribution in [3.8, 4) is 0 Å². The van der Waals surface area contributed by atoms with Crippen LogP contribution in [0.5, 0.6) is 0 Å². The van der Waals surface area contributed by atoms with Crippen LogP contribution < -0.4 is 5.32 Å². The normalized spacial score (nSPS) is 14.4. The smallest absolute Gasteiger partial charge is 0.0558 e. The van der Waals surface area contributed by atoms with Gasteiger partial charge in [0.1, 0.15) is 0 Å². The number of benzene rings is 1. The van der Waals surface area contributed by atoms with Crippen molar-refractivity contribution in [3.63, 3.8) is 0 Å². The molecular weight excluding hydrogens is 246 g/mol. The monoisotopic (exact) mass is 269 g/mol. The molecule has 18 heavy (non-hydrogen) atoms. The summed E-state index contributed by atoms with van der Waals surface area (Å²) in [6.45, 7) is 5.34. The molecule has 0 aliphatic heterocycles. The highest BCUT2D eigenvalue weighted by molar-refractivity contribution is 6.30. The zero-order chi connectivity index (χ0) is 13.4. The van der Waals surface area contributed by atoms with Crippen LogP contribution in [-0.2, 0) is 11.2 Å². The summed E-state index contributed by atoms with van der Waals surface area (Å²) < 4.78 is 5.36. The van der Waals surface area contributed by atoms with Crippen molar-refractivity contribution in [3.05, 3.63) is 34.9 Å². The van der Waals surface area contributed by atoms with Crippen molar-refractivity contribution in [2.24, 2.45) is 0 Å². The Labute approximate surface area is 116 Å². The van der Waals surface area contributed by atoms with Crippen molar-refractivity contribution in [2.75, 3.05) is 13.7 Å². The van der Waals surface area contributed by atoms with Gasteiger partial charge in [0.15, 0.2) is 0 Å². The molecule has 0 saturated carbocycles. The molecule has 2 nitrogen and oxygen atoms in total. The first-order valence-corrected chi connectivity index (χ1v) is 7.04. The zero-order valence-corrected chi connectivity index (χ0v) is 12.3. The molecule has 0 aromatic heterocycles. The van der Waals surface area contributed by atoms with E-state index in [0.717, 1.165) is 30.8 Å². The van der Waals surface area contributed by atoms with Gasteiger partial charge in [-0.15, -0.1) is 0 Å². The second-order valence-corrected chi connectivity index (χ2v) is 5.20. The van der Waals surface area contributed by atoms with Gasteiger partial charge >= 0.3 is 0 Å². The van der Waals surface area contributed by atoms with Gasteiger partial charge in [0, 0.05) is 18.2 Å². The van der Waals surface area contributed by atoms with E-state index in [9.17, 15) is 0 Å². The van der Waals surface area contributed by atoms with E-state index in [1.165, 1.54) is 5.56 Å². The van der Waals surface area contributed by atoms with E-state index in [4.69, 9.17) is 16.3 Å². The number of hydrogen-bond acceptors (Lipinski definition) is 2. The molecule has 0 saturated heterocycles. The summed E-state index contributed by atoms with van der Waals surface area (Å²) in [7, 11) is 1.76. The minimum Gasteiger partial charge on any atom is -0.382 e. The number of rotatable bonds is 8. The van der Waals surface area contributed by atoms with Crippen LogP contribution in [0.2, 0.25) is 5.02 Å². The summed E-state index contributed by atoms with van der Waals surface area (Å²) in [6, 6.07) is 8.54. The van der Waals surface area contributed by atoms with Crippen LogP contribution in [0.1, 0.15) is 32.3 Å². The number of hydrogen-bond donors (Lipinski definition) is 1. The first-order valence-electron chi connectivity index (χ1n) is 6.66. The Morgan fingerprint density at radius 3 is 2.78 bits per heavy atom. The number of methoxy groups -OCH3 is 1. The summed E-state index contributed by atoms with van der Waals surface area (Å²) in [5.74, 6) is 0. The average molecular weight is 270 g/mol. The Kier molecular flexibility index (Phi) is 7.33. The molecule has 0 aliphatic rings. The number of nitrogens with one attached hydrogen (secondary N) is 1. The first-order chi connectivity index (χ1) is 8.65. The molecule has 0 spiro atoms. The predicted molar refractivity (Wildman–Crippen MR) is 78.3 cm³/mol. The van der Waals surface area contributed by atoms with Crippen molar-refractivity contribution in [1.82, 2.24) is 5.32 Å². The van der Waals surface area contributed by atoms with Crippen LogP contribution in [-0.4, -0.2) is 25.8 Å². The van der Waals surface area contributed by atoms with Crippen molar-refractivity contribution < 1.29 is 4.74 Å². The third-order valence-corrected chi connectivity index (χ3v) is 3.31. The maximum atomic E-state index is 6.02. The maximum absolute atomic E-state index is 6.02. The van der Waals surface area contributed by atoms with E-state index in [-0.39, 0.29) is 6.10 Å². The fraction of sp³-hybridized carbons (Fsp3) is 0.600. The highest BCUT2D eigenvalue weighted by Crippen LogP contribution is 2.14. The first kappa shape index (κ1) is 15.5. The summed E-state index contributed by atoms with van der Waals surface area (Å²) in [4.78, 5) is 0. The number of halogens is 1. The highest BCUT2D eigenvalue weighted by Gasteiger charge is 2.13. The highest BCUT2D eigenvalue weighted by atomic mass is 35.5. The van der Waals surface area contributed by atoms with Crippen LogP contribution in [0.3, 0.4) is 0 Å². The molecule has 1 N–H and O–H groups in total. The van der Waals surface area contributed by atoms with Gasteiger partial charge < -0.3 is 10.1 Å². The van der Waals surface area contributed by atoms with Crippen molar-refractivity contribution >= 4 is 11.6 Å². The topological polar surface area (TPSA) is 21.3 Å². The Bertz CT molecular complexity index is 343. The molecule has 0 heterocycles. The molecule has 0 bridgehead atoms. The number of ether oxygens (including phenoxy) is 1. The van der Waals surface area contributed by atoms with Gasteiger partial charge in [-0.1, -0.05) is 30.7 Å². The van der Waals surface area contributed by atoms with E-state index >= 15 is 0 Å². The van der Waals surface area contributed by atoms with Gasteiger partial charge in [0.05, 0.1) is 6.10 Å². The predicted octanol–water partition coefficient (Wildman–Crippen LogP) is 3.68. The molecule has 102 valence electrons. The Morgan fingerprint density at radius 2 is 2.17 bits per heavy atom. The van der Waals surface area contributed by atoms with E-state index in [1.54, 1.807) is 7.11 Å². The molecule has 2 unspecified atom stereocenters. The second kappa shape index (κ2) is 8.52. The molecule has 3 heteroatoms. The lowest BCUT2D eigenvalue weighted by atomic mass is 10.0. The lowest BCUT2D eigenvalue weighted by Crippen LogP contribution is -2.35. The van der Waals surface area contributed by atoms with Gasteiger partial charge in [-0.25, -0.2) is 0 Å². The maximum Gasteiger partial charge on any atom is 0.0558 e.